The zero-order valence-electron chi connectivity index (χ0n) is 6.04. The first-order valence-electron chi connectivity index (χ1n) is 3.22. The summed E-state index contributed by atoms with van der Waals surface area (Å²) in [5, 5.41) is 12.7. The zero-order valence-corrected chi connectivity index (χ0v) is 8.44. The van der Waals surface area contributed by atoms with Gasteiger partial charge in [-0.25, -0.2) is 4.98 Å². The van der Waals surface area contributed by atoms with Crippen LogP contribution in [0.15, 0.2) is 9.98 Å². The van der Waals surface area contributed by atoms with Crippen LogP contribution in [0.25, 0.3) is 0 Å². The number of anilines is 1. The van der Waals surface area contributed by atoms with Gasteiger partial charge in [0.15, 0.2) is 5.13 Å². The summed E-state index contributed by atoms with van der Waals surface area (Å²) >= 11 is 4.81. The van der Waals surface area contributed by atoms with Crippen LogP contribution >= 0.6 is 27.3 Å². The molecular formula is C6H9BrN2OS. The molecule has 3 nitrogen and oxygen atoms in total. The van der Waals surface area contributed by atoms with Crippen LogP contribution in [-0.2, 0) is 0 Å². The topological polar surface area (TPSA) is 45.1 Å². The van der Waals surface area contributed by atoms with Crippen molar-refractivity contribution in [1.82, 2.24) is 4.98 Å². The van der Waals surface area contributed by atoms with Crippen LogP contribution in [-0.4, -0.2) is 22.7 Å². The number of aromatic nitrogens is 1. The summed E-state index contributed by atoms with van der Waals surface area (Å²) in [5.74, 6) is 0. The van der Waals surface area contributed by atoms with E-state index in [9.17, 15) is 0 Å². The molecule has 1 aromatic rings. The predicted octanol–water partition coefficient (Wildman–Crippen LogP) is 1.70. The summed E-state index contributed by atoms with van der Waals surface area (Å²) in [4.78, 5) is 4.04. The molecule has 0 aromatic carbocycles. The number of hydrogen-bond donors (Lipinski definition) is 2. The quantitative estimate of drug-likeness (QED) is 0.840. The van der Waals surface area contributed by atoms with E-state index < -0.39 is 0 Å². The lowest BCUT2D eigenvalue weighted by atomic mass is 10.4. The highest BCUT2D eigenvalue weighted by Crippen LogP contribution is 2.22. The van der Waals surface area contributed by atoms with Crippen molar-refractivity contribution in [2.24, 2.45) is 0 Å². The van der Waals surface area contributed by atoms with Crippen LogP contribution < -0.4 is 5.32 Å². The molecule has 0 radical (unpaired) electrons. The molecule has 11 heavy (non-hydrogen) atoms. The fraction of sp³-hybridized carbons (Fsp3) is 0.500. The lowest BCUT2D eigenvalue weighted by molar-refractivity contribution is 0.208. The molecule has 1 aromatic heterocycles. The molecule has 0 amide bonds. The molecule has 1 atom stereocenters. The molecule has 0 aliphatic heterocycles. The molecule has 0 saturated heterocycles. The lowest BCUT2D eigenvalue weighted by Gasteiger charge is -2.03. The largest absolute Gasteiger partial charge is 0.392 e. The molecule has 0 bridgehead atoms. The molecule has 0 aliphatic rings. The van der Waals surface area contributed by atoms with Crippen molar-refractivity contribution in [2.45, 2.75) is 13.0 Å². The van der Waals surface area contributed by atoms with Gasteiger partial charge >= 0.3 is 0 Å². The van der Waals surface area contributed by atoms with E-state index in [-0.39, 0.29) is 6.10 Å². The molecule has 62 valence electrons. The Bertz CT molecular complexity index is 226. The van der Waals surface area contributed by atoms with Gasteiger partial charge in [0, 0.05) is 6.54 Å². The Hall–Kier alpha value is -0.130. The number of nitrogens with zero attached hydrogens (tertiary/aromatic N) is 1. The third kappa shape index (κ3) is 3.18. The summed E-state index contributed by atoms with van der Waals surface area (Å²) in [6.45, 7) is 2.27. The second-order valence-corrected chi connectivity index (χ2v) is 4.61. The van der Waals surface area contributed by atoms with E-state index in [4.69, 9.17) is 5.11 Å². The molecule has 0 aliphatic carbocycles. The summed E-state index contributed by atoms with van der Waals surface area (Å²) in [7, 11) is 0. The fourth-order valence-electron chi connectivity index (χ4n) is 0.571. The molecule has 1 heterocycles. The molecule has 5 heteroatoms. The smallest absolute Gasteiger partial charge is 0.183 e. The predicted molar refractivity (Wildman–Crippen MR) is 50.0 cm³/mol. The van der Waals surface area contributed by atoms with Gasteiger partial charge in [0.1, 0.15) is 0 Å². The van der Waals surface area contributed by atoms with Gasteiger partial charge in [0.2, 0.25) is 0 Å². The third-order valence-corrected chi connectivity index (χ3v) is 2.46. The Kier molecular flexibility index (Phi) is 3.29. The van der Waals surface area contributed by atoms with Gasteiger partial charge < -0.3 is 10.4 Å². The van der Waals surface area contributed by atoms with Crippen LogP contribution in [0.4, 0.5) is 5.13 Å². The van der Waals surface area contributed by atoms with Crippen LogP contribution in [0.3, 0.4) is 0 Å². The van der Waals surface area contributed by atoms with Crippen molar-refractivity contribution >= 4 is 32.4 Å². The Labute approximate surface area is 77.6 Å². The molecule has 1 rings (SSSR count). The van der Waals surface area contributed by atoms with Crippen LogP contribution in [0, 0.1) is 0 Å². The van der Waals surface area contributed by atoms with E-state index in [2.05, 4.69) is 26.2 Å². The molecule has 0 saturated carbocycles. The van der Waals surface area contributed by atoms with Crippen molar-refractivity contribution < 1.29 is 5.11 Å². The first-order chi connectivity index (χ1) is 5.18. The van der Waals surface area contributed by atoms with Crippen molar-refractivity contribution in [3.05, 3.63) is 9.98 Å². The van der Waals surface area contributed by atoms with E-state index in [0.717, 1.165) is 8.92 Å². The van der Waals surface area contributed by atoms with E-state index in [1.54, 1.807) is 13.1 Å². The maximum atomic E-state index is 8.92. The Balaban J connectivity index is 2.39. The van der Waals surface area contributed by atoms with Crippen LogP contribution in [0.1, 0.15) is 6.92 Å². The van der Waals surface area contributed by atoms with Gasteiger partial charge in [0.05, 0.1) is 16.1 Å². The Morgan fingerprint density at radius 3 is 3.09 bits per heavy atom. The maximum absolute atomic E-state index is 8.92. The zero-order chi connectivity index (χ0) is 8.27. The maximum Gasteiger partial charge on any atom is 0.183 e. The first-order valence-corrected chi connectivity index (χ1v) is 4.82. The number of halogens is 1. The number of thiazole rings is 1. The average Bonchev–Trinajstić information content (AvgIpc) is 2.31. The normalized spacial score (nSPS) is 13.0. The SMILES string of the molecule is C[C@@H](O)CNc1ncc(Br)s1. The molecule has 0 fully saturated rings. The van der Waals surface area contributed by atoms with Gasteiger partial charge in [-0.05, 0) is 22.9 Å². The minimum absolute atomic E-state index is 0.335. The first kappa shape index (κ1) is 8.96. The van der Waals surface area contributed by atoms with Gasteiger partial charge in [-0.3, -0.25) is 0 Å². The monoisotopic (exact) mass is 236 g/mol. The highest BCUT2D eigenvalue weighted by molar-refractivity contribution is 9.11. The summed E-state index contributed by atoms with van der Waals surface area (Å²) in [6, 6.07) is 0. The van der Waals surface area contributed by atoms with E-state index in [1.807, 2.05) is 0 Å². The summed E-state index contributed by atoms with van der Waals surface area (Å²) in [5.41, 5.74) is 0. The molecular weight excluding hydrogens is 228 g/mol. The summed E-state index contributed by atoms with van der Waals surface area (Å²) < 4.78 is 0.991. The van der Waals surface area contributed by atoms with Crippen molar-refractivity contribution in [2.75, 3.05) is 11.9 Å². The fourth-order valence-corrected chi connectivity index (χ4v) is 1.68. The average molecular weight is 237 g/mol. The molecule has 0 unspecified atom stereocenters. The number of rotatable bonds is 3. The minimum Gasteiger partial charge on any atom is -0.392 e. The third-order valence-electron chi connectivity index (χ3n) is 1.03. The highest BCUT2D eigenvalue weighted by Gasteiger charge is 1.99. The van der Waals surface area contributed by atoms with E-state index in [1.165, 1.54) is 11.3 Å². The number of hydrogen-bond acceptors (Lipinski definition) is 4. The van der Waals surface area contributed by atoms with Crippen molar-refractivity contribution in [3.63, 3.8) is 0 Å². The number of nitrogens with one attached hydrogen (secondary N) is 1. The summed E-state index contributed by atoms with van der Waals surface area (Å²) in [6.07, 6.45) is 1.40. The van der Waals surface area contributed by atoms with Crippen LogP contribution in [0.2, 0.25) is 0 Å². The Morgan fingerprint density at radius 1 is 1.91 bits per heavy atom. The molecule has 2 N–H and O–H groups in total. The number of aliphatic hydroxyl groups excluding tert-OH is 1. The van der Waals surface area contributed by atoms with Crippen molar-refractivity contribution in [1.29, 1.82) is 0 Å². The van der Waals surface area contributed by atoms with Gasteiger partial charge in [-0.2, -0.15) is 0 Å². The van der Waals surface area contributed by atoms with Gasteiger partial charge in [-0.15, -0.1) is 0 Å². The Morgan fingerprint density at radius 2 is 2.64 bits per heavy atom. The van der Waals surface area contributed by atoms with Gasteiger partial charge in [-0.1, -0.05) is 11.3 Å². The van der Waals surface area contributed by atoms with E-state index in [0.29, 0.717) is 6.54 Å². The van der Waals surface area contributed by atoms with Crippen molar-refractivity contribution in [3.8, 4) is 0 Å². The minimum atomic E-state index is -0.335. The van der Waals surface area contributed by atoms with Crippen LogP contribution in [0.5, 0.6) is 0 Å². The number of aliphatic hydroxyl groups is 1. The van der Waals surface area contributed by atoms with E-state index >= 15 is 0 Å². The lowest BCUT2D eigenvalue weighted by Crippen LogP contribution is -2.14. The standard InChI is InChI=1S/C6H9BrN2OS/c1-4(10)2-8-6-9-3-5(7)11-6/h3-4,10H,2H2,1H3,(H,8,9)/t4-/m1/s1. The second-order valence-electron chi connectivity index (χ2n) is 2.20. The second kappa shape index (κ2) is 4.04. The highest BCUT2D eigenvalue weighted by atomic mass is 79.9. The van der Waals surface area contributed by atoms with Gasteiger partial charge in [0.25, 0.3) is 0 Å². The molecule has 0 spiro atoms.